The van der Waals surface area contributed by atoms with Gasteiger partial charge >= 0.3 is 5.97 Å². The summed E-state index contributed by atoms with van der Waals surface area (Å²) in [6.07, 6.45) is 4.78. The fourth-order valence-electron chi connectivity index (χ4n) is 2.72. The van der Waals surface area contributed by atoms with Crippen molar-refractivity contribution in [2.75, 3.05) is 19.8 Å². The number of hydrogen-bond donors (Lipinski definition) is 1. The molecule has 2 rings (SSSR count). The Morgan fingerprint density at radius 1 is 1.35 bits per heavy atom. The van der Waals surface area contributed by atoms with Crippen LogP contribution >= 0.6 is 0 Å². The first kappa shape index (κ1) is 17.2. The Kier molecular flexibility index (Phi) is 6.35. The predicted molar refractivity (Wildman–Crippen MR) is 88.0 cm³/mol. The minimum atomic E-state index is -0.891. The van der Waals surface area contributed by atoms with Gasteiger partial charge in [-0.15, -0.1) is 0 Å². The van der Waals surface area contributed by atoms with Gasteiger partial charge < -0.3 is 14.7 Å². The highest BCUT2D eigenvalue weighted by Gasteiger charge is 2.24. The molecule has 1 aliphatic rings. The Morgan fingerprint density at radius 2 is 2.09 bits per heavy atom. The molecule has 124 valence electrons. The molecule has 1 N–H and O–H groups in total. The minimum Gasteiger partial charge on any atom is -0.481 e. The van der Waals surface area contributed by atoms with E-state index < -0.39 is 5.97 Å². The number of ether oxygens (including phenoxy) is 1. The third-order valence-corrected chi connectivity index (χ3v) is 3.94. The Balaban J connectivity index is 2.06. The van der Waals surface area contributed by atoms with Crippen LogP contribution in [0.4, 0.5) is 0 Å². The van der Waals surface area contributed by atoms with Gasteiger partial charge in [-0.1, -0.05) is 29.8 Å². The third-order valence-electron chi connectivity index (χ3n) is 3.94. The maximum absolute atomic E-state index is 12.5. The van der Waals surface area contributed by atoms with Gasteiger partial charge in [0.25, 0.3) is 0 Å². The van der Waals surface area contributed by atoms with Crippen molar-refractivity contribution < 1.29 is 19.4 Å². The molecule has 0 unspecified atom stereocenters. The number of carbonyl (C=O) groups is 2. The van der Waals surface area contributed by atoms with E-state index in [1.54, 1.807) is 11.0 Å². The normalized spacial score (nSPS) is 15.7. The van der Waals surface area contributed by atoms with Crippen LogP contribution in [0.3, 0.4) is 0 Å². The average Bonchev–Trinajstić information content (AvgIpc) is 2.54. The number of amides is 1. The Morgan fingerprint density at radius 3 is 2.74 bits per heavy atom. The number of hydrogen-bond acceptors (Lipinski definition) is 3. The average molecular weight is 317 g/mol. The van der Waals surface area contributed by atoms with E-state index >= 15 is 0 Å². The van der Waals surface area contributed by atoms with Crippen molar-refractivity contribution in [1.29, 1.82) is 0 Å². The van der Waals surface area contributed by atoms with Crippen molar-refractivity contribution in [2.24, 2.45) is 0 Å². The number of benzene rings is 1. The molecule has 1 fully saturated rings. The number of carbonyl (C=O) groups excluding carboxylic acids is 1. The van der Waals surface area contributed by atoms with E-state index in [4.69, 9.17) is 9.84 Å². The number of rotatable bonds is 6. The molecular weight excluding hydrogens is 294 g/mol. The number of carboxylic acids is 1. The summed E-state index contributed by atoms with van der Waals surface area (Å²) < 4.78 is 5.33. The van der Waals surface area contributed by atoms with Crippen LogP contribution in [0.15, 0.2) is 30.3 Å². The second kappa shape index (κ2) is 8.48. The van der Waals surface area contributed by atoms with Gasteiger partial charge in [-0.05, 0) is 31.4 Å². The summed E-state index contributed by atoms with van der Waals surface area (Å²) in [5.74, 6) is -1.03. The van der Waals surface area contributed by atoms with Crippen LogP contribution in [0.25, 0.3) is 6.08 Å². The molecular formula is C18H23NO4. The standard InChI is InChI=1S/C18H23NO4/c1-14-3-2-4-15(13-14)5-6-17(20)19(10-7-18(21)22)16-8-11-23-12-9-16/h2-6,13,16H,7-12H2,1H3,(H,21,22). The molecule has 5 nitrogen and oxygen atoms in total. The van der Waals surface area contributed by atoms with Gasteiger partial charge in [0.05, 0.1) is 6.42 Å². The lowest BCUT2D eigenvalue weighted by Gasteiger charge is -2.33. The fraction of sp³-hybridized carbons (Fsp3) is 0.444. The third kappa shape index (κ3) is 5.53. The molecule has 1 aliphatic heterocycles. The van der Waals surface area contributed by atoms with Gasteiger partial charge in [0.2, 0.25) is 5.91 Å². The SMILES string of the molecule is Cc1cccc(C=CC(=O)N(CCC(=O)O)C2CCOCC2)c1. The number of aryl methyl sites for hydroxylation is 1. The second-order valence-corrected chi connectivity index (χ2v) is 5.77. The topological polar surface area (TPSA) is 66.8 Å². The molecule has 0 aromatic heterocycles. The van der Waals surface area contributed by atoms with Gasteiger partial charge in [0.1, 0.15) is 0 Å². The first-order valence-electron chi connectivity index (χ1n) is 7.91. The summed E-state index contributed by atoms with van der Waals surface area (Å²) in [6, 6.07) is 7.94. The van der Waals surface area contributed by atoms with Crippen molar-refractivity contribution in [3.63, 3.8) is 0 Å². The molecule has 23 heavy (non-hydrogen) atoms. The van der Waals surface area contributed by atoms with Crippen molar-refractivity contribution in [2.45, 2.75) is 32.2 Å². The first-order valence-corrected chi connectivity index (χ1v) is 7.91. The smallest absolute Gasteiger partial charge is 0.305 e. The highest BCUT2D eigenvalue weighted by Crippen LogP contribution is 2.16. The highest BCUT2D eigenvalue weighted by atomic mass is 16.5. The lowest BCUT2D eigenvalue weighted by atomic mass is 10.1. The number of carboxylic acid groups (broad SMARTS) is 1. The van der Waals surface area contributed by atoms with Gasteiger partial charge in [-0.25, -0.2) is 0 Å². The molecule has 1 amide bonds. The zero-order chi connectivity index (χ0) is 16.7. The Bertz CT molecular complexity index is 576. The molecule has 0 radical (unpaired) electrons. The van der Waals surface area contributed by atoms with Gasteiger partial charge in [0, 0.05) is 31.9 Å². The molecule has 0 bridgehead atoms. The number of nitrogens with zero attached hydrogens (tertiary/aromatic N) is 1. The van der Waals surface area contributed by atoms with Crippen LogP contribution in [0, 0.1) is 6.92 Å². The van der Waals surface area contributed by atoms with E-state index in [1.165, 1.54) is 6.08 Å². The second-order valence-electron chi connectivity index (χ2n) is 5.77. The van der Waals surface area contributed by atoms with Crippen molar-refractivity contribution in [3.05, 3.63) is 41.5 Å². The van der Waals surface area contributed by atoms with Gasteiger partial charge in [-0.2, -0.15) is 0 Å². The van der Waals surface area contributed by atoms with Crippen LogP contribution in [0.5, 0.6) is 0 Å². The molecule has 0 saturated carbocycles. The zero-order valence-electron chi connectivity index (χ0n) is 13.4. The summed E-state index contributed by atoms with van der Waals surface area (Å²) in [5.41, 5.74) is 2.09. The molecule has 0 atom stereocenters. The largest absolute Gasteiger partial charge is 0.481 e. The van der Waals surface area contributed by atoms with E-state index in [-0.39, 0.29) is 24.9 Å². The van der Waals surface area contributed by atoms with E-state index in [0.29, 0.717) is 13.2 Å². The minimum absolute atomic E-state index is 0.0403. The van der Waals surface area contributed by atoms with E-state index in [0.717, 1.165) is 24.0 Å². The van der Waals surface area contributed by atoms with Crippen LogP contribution in [0.2, 0.25) is 0 Å². The zero-order valence-corrected chi connectivity index (χ0v) is 13.4. The van der Waals surface area contributed by atoms with Gasteiger partial charge in [-0.3, -0.25) is 9.59 Å². The Hall–Kier alpha value is -2.14. The molecule has 1 aromatic rings. The summed E-state index contributed by atoms with van der Waals surface area (Å²) in [7, 11) is 0. The summed E-state index contributed by atoms with van der Waals surface area (Å²) in [6.45, 7) is 3.46. The predicted octanol–water partition coefficient (Wildman–Crippen LogP) is 2.49. The lowest BCUT2D eigenvalue weighted by Crippen LogP contribution is -2.43. The molecule has 5 heteroatoms. The molecule has 1 saturated heterocycles. The summed E-state index contributed by atoms with van der Waals surface area (Å²) in [4.78, 5) is 25.0. The molecule has 0 aliphatic carbocycles. The quantitative estimate of drug-likeness (QED) is 0.819. The lowest BCUT2D eigenvalue weighted by molar-refractivity contribution is -0.138. The molecule has 1 aromatic carbocycles. The van der Waals surface area contributed by atoms with E-state index in [2.05, 4.69) is 0 Å². The summed E-state index contributed by atoms with van der Waals surface area (Å²) in [5, 5.41) is 8.90. The van der Waals surface area contributed by atoms with Crippen LogP contribution in [-0.4, -0.2) is 47.7 Å². The van der Waals surface area contributed by atoms with Crippen LogP contribution < -0.4 is 0 Å². The number of aliphatic carboxylic acids is 1. The monoisotopic (exact) mass is 317 g/mol. The molecule has 1 heterocycles. The maximum Gasteiger partial charge on any atom is 0.305 e. The van der Waals surface area contributed by atoms with Crippen molar-refractivity contribution in [1.82, 2.24) is 4.90 Å². The molecule has 0 spiro atoms. The van der Waals surface area contributed by atoms with Gasteiger partial charge in [0.15, 0.2) is 0 Å². The van der Waals surface area contributed by atoms with E-state index in [9.17, 15) is 9.59 Å². The van der Waals surface area contributed by atoms with Crippen LogP contribution in [0.1, 0.15) is 30.4 Å². The Labute approximate surface area is 136 Å². The van der Waals surface area contributed by atoms with Crippen molar-refractivity contribution in [3.8, 4) is 0 Å². The fourth-order valence-corrected chi connectivity index (χ4v) is 2.72. The van der Waals surface area contributed by atoms with E-state index in [1.807, 2.05) is 31.2 Å². The van der Waals surface area contributed by atoms with Crippen molar-refractivity contribution >= 4 is 18.0 Å². The van der Waals surface area contributed by atoms with Crippen LogP contribution in [-0.2, 0) is 14.3 Å². The first-order chi connectivity index (χ1) is 11.1. The maximum atomic E-state index is 12.5. The summed E-state index contributed by atoms with van der Waals surface area (Å²) >= 11 is 0. The highest BCUT2D eigenvalue weighted by molar-refractivity contribution is 5.92.